The summed E-state index contributed by atoms with van der Waals surface area (Å²) in [6.45, 7) is 0.326. The number of ether oxygens (including phenoxy) is 1. The lowest BCUT2D eigenvalue weighted by Crippen LogP contribution is -2.14. The number of benzene rings is 3. The van der Waals surface area contributed by atoms with Crippen molar-refractivity contribution in [3.05, 3.63) is 94.5 Å². The summed E-state index contributed by atoms with van der Waals surface area (Å²) >= 11 is 6.06. The quantitative estimate of drug-likeness (QED) is 0.602. The van der Waals surface area contributed by atoms with Crippen molar-refractivity contribution in [1.82, 2.24) is 0 Å². The Bertz CT molecular complexity index is 972. The van der Waals surface area contributed by atoms with Crippen LogP contribution in [-0.4, -0.2) is 17.0 Å². The first kappa shape index (κ1) is 19.5. The topological polar surface area (TPSA) is 75.6 Å². The molecule has 142 valence electrons. The third-order valence-corrected chi connectivity index (χ3v) is 4.23. The minimum Gasteiger partial charge on any atom is -0.488 e. The summed E-state index contributed by atoms with van der Waals surface area (Å²) < 4.78 is 5.82. The summed E-state index contributed by atoms with van der Waals surface area (Å²) in [6, 6.07) is 21.2. The van der Waals surface area contributed by atoms with Crippen LogP contribution in [0.25, 0.3) is 0 Å². The van der Waals surface area contributed by atoms with E-state index < -0.39 is 5.97 Å². The third kappa shape index (κ3) is 5.34. The molecule has 0 aliphatic rings. The second-order valence-corrected chi connectivity index (χ2v) is 6.57. The summed E-state index contributed by atoms with van der Waals surface area (Å²) in [4.78, 5) is 23.5. The first-order chi connectivity index (χ1) is 13.5. The van der Waals surface area contributed by atoms with Crippen molar-refractivity contribution < 1.29 is 19.4 Å². The Morgan fingerprint density at radius 2 is 1.64 bits per heavy atom. The average Bonchev–Trinajstić information content (AvgIpc) is 2.69. The van der Waals surface area contributed by atoms with Crippen molar-refractivity contribution >= 4 is 29.2 Å². The van der Waals surface area contributed by atoms with Crippen LogP contribution in [0.1, 0.15) is 21.5 Å². The minimum absolute atomic E-state index is 0.0695. The van der Waals surface area contributed by atoms with Gasteiger partial charge in [-0.1, -0.05) is 54.1 Å². The van der Waals surface area contributed by atoms with Crippen molar-refractivity contribution in [2.45, 2.75) is 13.0 Å². The lowest BCUT2D eigenvalue weighted by atomic mass is 10.1. The predicted molar refractivity (Wildman–Crippen MR) is 108 cm³/mol. The second-order valence-electron chi connectivity index (χ2n) is 6.14. The molecule has 5 nitrogen and oxygen atoms in total. The van der Waals surface area contributed by atoms with E-state index in [1.807, 2.05) is 30.3 Å². The van der Waals surface area contributed by atoms with Gasteiger partial charge in [0.2, 0.25) is 0 Å². The van der Waals surface area contributed by atoms with E-state index in [0.29, 0.717) is 34.2 Å². The molecule has 28 heavy (non-hydrogen) atoms. The summed E-state index contributed by atoms with van der Waals surface area (Å²) in [6.07, 6.45) is -0.0695. The van der Waals surface area contributed by atoms with Crippen LogP contribution in [-0.2, 0) is 17.8 Å². The number of halogens is 1. The van der Waals surface area contributed by atoms with E-state index in [4.69, 9.17) is 21.4 Å². The van der Waals surface area contributed by atoms with Crippen molar-refractivity contribution in [2.24, 2.45) is 0 Å². The lowest BCUT2D eigenvalue weighted by molar-refractivity contribution is -0.136. The number of carboxylic acid groups (broad SMARTS) is 1. The molecule has 3 rings (SSSR count). The maximum Gasteiger partial charge on any atom is 0.307 e. The van der Waals surface area contributed by atoms with Crippen molar-refractivity contribution in [1.29, 1.82) is 0 Å². The number of amides is 1. The molecule has 0 spiro atoms. The fourth-order valence-electron chi connectivity index (χ4n) is 2.62. The molecule has 3 aromatic rings. The molecule has 0 aliphatic heterocycles. The first-order valence-corrected chi connectivity index (χ1v) is 8.97. The van der Waals surface area contributed by atoms with E-state index in [9.17, 15) is 9.59 Å². The SMILES string of the molecule is O=C(O)Cc1ccc(NC(=O)c2cc(Cl)ccc2OCc2ccccc2)cc1. The molecule has 0 atom stereocenters. The largest absolute Gasteiger partial charge is 0.488 e. The summed E-state index contributed by atoms with van der Waals surface area (Å²) in [7, 11) is 0. The van der Waals surface area contributed by atoms with Crippen molar-refractivity contribution in [3.8, 4) is 5.75 Å². The minimum atomic E-state index is -0.907. The molecule has 0 fully saturated rings. The van der Waals surface area contributed by atoms with Gasteiger partial charge in [0.25, 0.3) is 5.91 Å². The molecule has 1 amide bonds. The van der Waals surface area contributed by atoms with Gasteiger partial charge in [-0.25, -0.2) is 0 Å². The Morgan fingerprint density at radius 1 is 0.929 bits per heavy atom. The van der Waals surface area contributed by atoms with Gasteiger partial charge in [-0.05, 0) is 41.5 Å². The summed E-state index contributed by atoms with van der Waals surface area (Å²) in [5, 5.41) is 12.0. The first-order valence-electron chi connectivity index (χ1n) is 8.59. The number of anilines is 1. The molecule has 0 aromatic heterocycles. The van der Waals surface area contributed by atoms with Gasteiger partial charge >= 0.3 is 5.97 Å². The molecule has 0 aliphatic carbocycles. The highest BCUT2D eigenvalue weighted by atomic mass is 35.5. The van der Waals surface area contributed by atoms with Gasteiger partial charge in [0.1, 0.15) is 12.4 Å². The normalized spacial score (nSPS) is 10.3. The molecule has 0 saturated carbocycles. The monoisotopic (exact) mass is 395 g/mol. The van der Waals surface area contributed by atoms with E-state index in [0.717, 1.165) is 5.56 Å². The van der Waals surface area contributed by atoms with Gasteiger partial charge in [0, 0.05) is 10.7 Å². The maximum absolute atomic E-state index is 12.7. The third-order valence-electron chi connectivity index (χ3n) is 3.99. The second kappa shape index (κ2) is 9.06. The molecule has 0 unspecified atom stereocenters. The Balaban J connectivity index is 1.73. The molecule has 2 N–H and O–H groups in total. The van der Waals surface area contributed by atoms with Crippen LogP contribution in [0.15, 0.2) is 72.8 Å². The predicted octanol–water partition coefficient (Wildman–Crippen LogP) is 4.80. The average molecular weight is 396 g/mol. The highest BCUT2D eigenvalue weighted by Crippen LogP contribution is 2.25. The highest BCUT2D eigenvalue weighted by Gasteiger charge is 2.14. The summed E-state index contributed by atoms with van der Waals surface area (Å²) in [5.41, 5.74) is 2.50. The zero-order valence-corrected chi connectivity index (χ0v) is 15.6. The van der Waals surface area contributed by atoms with Gasteiger partial charge in [-0.2, -0.15) is 0 Å². The molecule has 3 aromatic carbocycles. The molecule has 0 radical (unpaired) electrons. The van der Waals surface area contributed by atoms with Crippen LogP contribution in [0.4, 0.5) is 5.69 Å². The van der Waals surface area contributed by atoms with E-state index in [1.165, 1.54) is 0 Å². The number of hydrogen-bond acceptors (Lipinski definition) is 3. The van der Waals surface area contributed by atoms with Gasteiger partial charge < -0.3 is 15.2 Å². The number of carbonyl (C=O) groups excluding carboxylic acids is 1. The highest BCUT2D eigenvalue weighted by molar-refractivity contribution is 6.31. The van der Waals surface area contributed by atoms with E-state index in [2.05, 4.69) is 5.32 Å². The smallest absolute Gasteiger partial charge is 0.307 e. The van der Waals surface area contributed by atoms with Crippen LogP contribution in [0.5, 0.6) is 5.75 Å². The van der Waals surface area contributed by atoms with Gasteiger partial charge in [-0.15, -0.1) is 0 Å². The van der Waals surface area contributed by atoms with E-state index >= 15 is 0 Å². The number of hydrogen-bond donors (Lipinski definition) is 2. The molecular weight excluding hydrogens is 378 g/mol. The molecular formula is C22H18ClNO4. The Kier molecular flexibility index (Phi) is 6.29. The molecule has 0 heterocycles. The Morgan fingerprint density at radius 3 is 2.32 bits per heavy atom. The number of carbonyl (C=O) groups is 2. The van der Waals surface area contributed by atoms with Crippen LogP contribution in [0.2, 0.25) is 5.02 Å². The van der Waals surface area contributed by atoms with Gasteiger partial charge in [0.05, 0.1) is 12.0 Å². The lowest BCUT2D eigenvalue weighted by Gasteiger charge is -2.13. The number of nitrogens with one attached hydrogen (secondary N) is 1. The van der Waals surface area contributed by atoms with Crippen molar-refractivity contribution in [3.63, 3.8) is 0 Å². The Hall–Kier alpha value is -3.31. The van der Waals surface area contributed by atoms with Crippen LogP contribution in [0, 0.1) is 0 Å². The zero-order valence-electron chi connectivity index (χ0n) is 14.9. The van der Waals surface area contributed by atoms with Crippen molar-refractivity contribution in [2.75, 3.05) is 5.32 Å². The molecule has 0 saturated heterocycles. The van der Waals surface area contributed by atoms with Gasteiger partial charge in [-0.3, -0.25) is 9.59 Å². The fourth-order valence-corrected chi connectivity index (χ4v) is 2.79. The van der Waals surface area contributed by atoms with Crippen LogP contribution < -0.4 is 10.1 Å². The van der Waals surface area contributed by atoms with E-state index in [-0.39, 0.29) is 12.3 Å². The van der Waals surface area contributed by atoms with Crippen LogP contribution >= 0.6 is 11.6 Å². The number of aliphatic carboxylic acids is 1. The summed E-state index contributed by atoms with van der Waals surface area (Å²) in [5.74, 6) is -0.847. The van der Waals surface area contributed by atoms with Gasteiger partial charge in [0.15, 0.2) is 0 Å². The Labute approximate surface area is 167 Å². The molecule has 6 heteroatoms. The standard InChI is InChI=1S/C22H18ClNO4/c23-17-8-11-20(28-14-16-4-2-1-3-5-16)19(13-17)22(27)24-18-9-6-15(7-10-18)12-21(25)26/h1-11,13H,12,14H2,(H,24,27)(H,25,26). The molecule has 0 bridgehead atoms. The number of rotatable bonds is 7. The van der Waals surface area contributed by atoms with Crippen LogP contribution in [0.3, 0.4) is 0 Å². The maximum atomic E-state index is 12.7. The number of carboxylic acids is 1. The fraction of sp³-hybridized carbons (Fsp3) is 0.0909. The van der Waals surface area contributed by atoms with E-state index in [1.54, 1.807) is 42.5 Å². The zero-order chi connectivity index (χ0) is 19.9.